The lowest BCUT2D eigenvalue weighted by molar-refractivity contribution is -0.123. The summed E-state index contributed by atoms with van der Waals surface area (Å²) in [6, 6.07) is 19.9. The van der Waals surface area contributed by atoms with E-state index < -0.39 is 11.9 Å². The molecule has 2 aromatic carbocycles. The normalized spacial score (nSPS) is 11.9. The molecule has 0 unspecified atom stereocenters. The lowest BCUT2D eigenvalue weighted by Gasteiger charge is -2.18. The number of carbonyl (C=O) groups is 2. The minimum Gasteiger partial charge on any atom is -0.459 e. The number of nitrogens with one attached hydrogen (secondary N) is 2. The molecular formula is C22H19N3O3S. The number of rotatable bonds is 7. The third-order valence-electron chi connectivity index (χ3n) is 4.40. The summed E-state index contributed by atoms with van der Waals surface area (Å²) >= 11 is 1.54. The second-order valence-electron chi connectivity index (χ2n) is 6.49. The van der Waals surface area contributed by atoms with Gasteiger partial charge in [0.15, 0.2) is 5.76 Å². The maximum atomic E-state index is 12.9. The third-order valence-corrected chi connectivity index (χ3v) is 5.44. The molecule has 7 heteroatoms. The summed E-state index contributed by atoms with van der Waals surface area (Å²) in [5, 5.41) is 6.48. The van der Waals surface area contributed by atoms with Crippen molar-refractivity contribution in [3.63, 3.8) is 0 Å². The summed E-state index contributed by atoms with van der Waals surface area (Å²) in [4.78, 5) is 29.8. The van der Waals surface area contributed by atoms with Crippen LogP contribution in [0.3, 0.4) is 0 Å². The Bertz CT molecular complexity index is 1070. The van der Waals surface area contributed by atoms with Crippen molar-refractivity contribution >= 4 is 33.4 Å². The molecule has 0 aliphatic carbocycles. The molecule has 0 fully saturated rings. The van der Waals surface area contributed by atoms with Gasteiger partial charge in [-0.05, 0) is 29.8 Å². The van der Waals surface area contributed by atoms with E-state index in [0.717, 1.165) is 20.8 Å². The van der Waals surface area contributed by atoms with Gasteiger partial charge >= 0.3 is 0 Å². The number of thiazole rings is 1. The summed E-state index contributed by atoms with van der Waals surface area (Å²) in [6.07, 6.45) is 1.80. The Labute approximate surface area is 171 Å². The van der Waals surface area contributed by atoms with E-state index in [1.165, 1.54) is 17.6 Å². The highest BCUT2D eigenvalue weighted by Crippen LogP contribution is 2.21. The second-order valence-corrected chi connectivity index (χ2v) is 7.60. The molecule has 4 aromatic rings. The van der Waals surface area contributed by atoms with Crippen molar-refractivity contribution in [2.45, 2.75) is 19.0 Å². The van der Waals surface area contributed by atoms with E-state index in [9.17, 15) is 9.59 Å². The van der Waals surface area contributed by atoms with E-state index in [2.05, 4.69) is 15.6 Å². The number of benzene rings is 2. The van der Waals surface area contributed by atoms with Crippen LogP contribution in [-0.2, 0) is 17.8 Å². The number of aromatic nitrogens is 1. The van der Waals surface area contributed by atoms with Crippen LogP contribution in [0.15, 0.2) is 77.4 Å². The molecule has 2 N–H and O–H groups in total. The highest BCUT2D eigenvalue weighted by Gasteiger charge is 2.23. The monoisotopic (exact) mass is 405 g/mol. The summed E-state index contributed by atoms with van der Waals surface area (Å²) in [5.74, 6) is -0.527. The fourth-order valence-electron chi connectivity index (χ4n) is 2.98. The van der Waals surface area contributed by atoms with Gasteiger partial charge in [-0.1, -0.05) is 42.5 Å². The van der Waals surface area contributed by atoms with Gasteiger partial charge in [0.2, 0.25) is 5.91 Å². The molecule has 2 aromatic heterocycles. The Kier molecular flexibility index (Phi) is 5.67. The Hall–Kier alpha value is -3.45. The van der Waals surface area contributed by atoms with E-state index in [4.69, 9.17) is 4.42 Å². The van der Waals surface area contributed by atoms with Crippen LogP contribution in [0.25, 0.3) is 10.2 Å². The number of furan rings is 1. The minimum absolute atomic E-state index is 0.169. The zero-order valence-corrected chi connectivity index (χ0v) is 16.3. The predicted octanol–water partition coefficient (Wildman–Crippen LogP) is 3.55. The van der Waals surface area contributed by atoms with Crippen LogP contribution in [0.2, 0.25) is 0 Å². The first-order valence-electron chi connectivity index (χ1n) is 9.19. The van der Waals surface area contributed by atoms with Crippen molar-refractivity contribution in [1.29, 1.82) is 0 Å². The standard InChI is InChI=1S/C22H19N3O3S/c26-21(23-14-20-24-16-9-4-5-11-19(16)29-20)17(13-15-7-2-1-3-8-15)25-22(27)18-10-6-12-28-18/h1-12,17H,13-14H2,(H,23,26)(H,25,27)/t17-/m0/s1. The Balaban J connectivity index is 1.46. The van der Waals surface area contributed by atoms with E-state index in [0.29, 0.717) is 13.0 Å². The van der Waals surface area contributed by atoms with Gasteiger partial charge < -0.3 is 15.1 Å². The van der Waals surface area contributed by atoms with Crippen LogP contribution < -0.4 is 10.6 Å². The van der Waals surface area contributed by atoms with Crippen LogP contribution in [-0.4, -0.2) is 22.8 Å². The van der Waals surface area contributed by atoms with Crippen LogP contribution >= 0.6 is 11.3 Å². The SMILES string of the molecule is O=C(N[C@@H](Cc1ccccc1)C(=O)NCc1nc2ccccc2s1)c1ccco1. The van der Waals surface area contributed by atoms with Gasteiger partial charge in [0.1, 0.15) is 11.0 Å². The minimum atomic E-state index is -0.732. The van der Waals surface area contributed by atoms with Gasteiger partial charge in [-0.3, -0.25) is 9.59 Å². The van der Waals surface area contributed by atoms with Crippen molar-refractivity contribution in [1.82, 2.24) is 15.6 Å². The van der Waals surface area contributed by atoms with Crippen LogP contribution in [0.5, 0.6) is 0 Å². The Morgan fingerprint density at radius 2 is 1.79 bits per heavy atom. The largest absolute Gasteiger partial charge is 0.459 e. The number of para-hydroxylation sites is 1. The molecule has 0 bridgehead atoms. The molecule has 4 rings (SSSR count). The van der Waals surface area contributed by atoms with Gasteiger partial charge in [-0.15, -0.1) is 11.3 Å². The first-order valence-corrected chi connectivity index (χ1v) is 10.0. The molecule has 2 amide bonds. The first kappa shape index (κ1) is 18.9. The van der Waals surface area contributed by atoms with Crippen molar-refractivity contribution < 1.29 is 14.0 Å². The number of nitrogens with zero attached hydrogens (tertiary/aromatic N) is 1. The fourth-order valence-corrected chi connectivity index (χ4v) is 3.88. The van der Waals surface area contributed by atoms with Gasteiger partial charge in [0, 0.05) is 6.42 Å². The molecule has 0 saturated heterocycles. The summed E-state index contributed by atoms with van der Waals surface area (Å²) < 4.78 is 6.21. The molecule has 0 spiro atoms. The third kappa shape index (κ3) is 4.70. The summed E-state index contributed by atoms with van der Waals surface area (Å²) in [7, 11) is 0. The maximum absolute atomic E-state index is 12.9. The molecule has 0 aliphatic rings. The van der Waals surface area contributed by atoms with Crippen molar-refractivity contribution in [3.05, 3.63) is 89.3 Å². The van der Waals surface area contributed by atoms with E-state index in [1.54, 1.807) is 12.1 Å². The van der Waals surface area contributed by atoms with Gasteiger partial charge in [0.05, 0.1) is 23.0 Å². The van der Waals surface area contributed by atoms with E-state index in [-0.39, 0.29) is 11.7 Å². The van der Waals surface area contributed by atoms with Crippen LogP contribution in [0.1, 0.15) is 21.1 Å². The first-order chi connectivity index (χ1) is 14.2. The smallest absolute Gasteiger partial charge is 0.287 e. The van der Waals surface area contributed by atoms with Crippen molar-refractivity contribution in [2.75, 3.05) is 0 Å². The molecular weight excluding hydrogens is 386 g/mol. The highest BCUT2D eigenvalue weighted by atomic mass is 32.1. The number of hydrogen-bond acceptors (Lipinski definition) is 5. The fraction of sp³-hybridized carbons (Fsp3) is 0.136. The van der Waals surface area contributed by atoms with Crippen molar-refractivity contribution in [2.24, 2.45) is 0 Å². The zero-order chi connectivity index (χ0) is 20.1. The van der Waals surface area contributed by atoms with E-state index in [1.807, 2.05) is 54.6 Å². The average molecular weight is 405 g/mol. The van der Waals surface area contributed by atoms with Crippen LogP contribution in [0.4, 0.5) is 0 Å². The van der Waals surface area contributed by atoms with Gasteiger partial charge in [0.25, 0.3) is 5.91 Å². The molecule has 0 aliphatic heterocycles. The molecule has 6 nitrogen and oxygen atoms in total. The molecule has 1 atom stereocenters. The lowest BCUT2D eigenvalue weighted by atomic mass is 10.1. The van der Waals surface area contributed by atoms with Gasteiger partial charge in [-0.25, -0.2) is 4.98 Å². The topological polar surface area (TPSA) is 84.2 Å². The number of hydrogen-bond donors (Lipinski definition) is 2. The van der Waals surface area contributed by atoms with Crippen LogP contribution in [0, 0.1) is 0 Å². The number of fused-ring (bicyclic) bond motifs is 1. The Morgan fingerprint density at radius 1 is 1.00 bits per heavy atom. The second kappa shape index (κ2) is 8.70. The average Bonchev–Trinajstić information content (AvgIpc) is 3.42. The van der Waals surface area contributed by atoms with E-state index >= 15 is 0 Å². The quantitative estimate of drug-likeness (QED) is 0.493. The lowest BCUT2D eigenvalue weighted by Crippen LogP contribution is -2.47. The maximum Gasteiger partial charge on any atom is 0.287 e. The van der Waals surface area contributed by atoms with Gasteiger partial charge in [-0.2, -0.15) is 0 Å². The zero-order valence-electron chi connectivity index (χ0n) is 15.5. The molecule has 29 heavy (non-hydrogen) atoms. The number of amides is 2. The molecule has 0 radical (unpaired) electrons. The molecule has 146 valence electrons. The van der Waals surface area contributed by atoms with Crippen molar-refractivity contribution in [3.8, 4) is 0 Å². The number of carbonyl (C=O) groups excluding carboxylic acids is 2. The predicted molar refractivity (Wildman–Crippen MR) is 112 cm³/mol. The highest BCUT2D eigenvalue weighted by molar-refractivity contribution is 7.18. The molecule has 2 heterocycles. The molecule has 0 saturated carbocycles. The Morgan fingerprint density at radius 3 is 2.55 bits per heavy atom. The summed E-state index contributed by atoms with van der Waals surface area (Å²) in [5.41, 5.74) is 1.86. The summed E-state index contributed by atoms with van der Waals surface area (Å²) in [6.45, 7) is 0.306.